The fourth-order valence-corrected chi connectivity index (χ4v) is 2.22. The van der Waals surface area contributed by atoms with Crippen molar-refractivity contribution in [2.24, 2.45) is 0 Å². The maximum absolute atomic E-state index is 12.4. The maximum atomic E-state index is 12.4. The van der Waals surface area contributed by atoms with Crippen molar-refractivity contribution in [1.29, 1.82) is 0 Å². The number of pyridine rings is 1. The van der Waals surface area contributed by atoms with Crippen LogP contribution in [0, 0.1) is 6.92 Å². The monoisotopic (exact) mass is 259 g/mol. The molecule has 1 aromatic heterocycles. The molecule has 2 rings (SSSR count). The fraction of sp³-hybridized carbons (Fsp3) is 0.333. The Morgan fingerprint density at radius 3 is 2.74 bits per heavy atom. The third kappa shape index (κ3) is 2.52. The van der Waals surface area contributed by atoms with E-state index in [1.807, 2.05) is 13.0 Å². The van der Waals surface area contributed by atoms with Crippen LogP contribution in [-0.4, -0.2) is 17.9 Å². The number of benzene rings is 1. The Morgan fingerprint density at radius 2 is 2.11 bits per heavy atom. The molecular weight excluding hydrogens is 242 g/mol. The lowest BCUT2D eigenvalue weighted by Crippen LogP contribution is -2.14. The van der Waals surface area contributed by atoms with E-state index in [9.17, 15) is 9.59 Å². The SMILES string of the molecule is COc1cccc2c(=O)c(CCC(C)=O)c(C)[nH]c12. The van der Waals surface area contributed by atoms with Crippen LogP contribution in [0.2, 0.25) is 0 Å². The van der Waals surface area contributed by atoms with Gasteiger partial charge in [-0.2, -0.15) is 0 Å². The number of aromatic nitrogens is 1. The van der Waals surface area contributed by atoms with Gasteiger partial charge in [0.2, 0.25) is 0 Å². The first-order valence-corrected chi connectivity index (χ1v) is 6.22. The van der Waals surface area contributed by atoms with Crippen molar-refractivity contribution in [2.75, 3.05) is 7.11 Å². The highest BCUT2D eigenvalue weighted by Crippen LogP contribution is 2.22. The predicted octanol–water partition coefficient (Wildman–Crippen LogP) is 2.37. The van der Waals surface area contributed by atoms with Gasteiger partial charge in [-0.25, -0.2) is 0 Å². The molecule has 0 radical (unpaired) electrons. The van der Waals surface area contributed by atoms with Crippen LogP contribution in [0.25, 0.3) is 10.9 Å². The van der Waals surface area contributed by atoms with Crippen molar-refractivity contribution in [3.05, 3.63) is 39.7 Å². The molecule has 0 bridgehead atoms. The van der Waals surface area contributed by atoms with Crippen molar-refractivity contribution in [1.82, 2.24) is 4.98 Å². The molecule has 1 N–H and O–H groups in total. The lowest BCUT2D eigenvalue weighted by atomic mass is 10.0. The number of Topliss-reactive ketones (excluding diaryl/α,β-unsaturated/α-hetero) is 1. The maximum Gasteiger partial charge on any atom is 0.192 e. The first-order chi connectivity index (χ1) is 9.04. The van der Waals surface area contributed by atoms with Gasteiger partial charge in [-0.3, -0.25) is 4.79 Å². The summed E-state index contributed by atoms with van der Waals surface area (Å²) in [6.45, 7) is 3.39. The molecule has 0 saturated carbocycles. The fourth-order valence-electron chi connectivity index (χ4n) is 2.22. The van der Waals surface area contributed by atoms with Gasteiger partial charge < -0.3 is 14.5 Å². The standard InChI is InChI=1S/C15H17NO3/c1-9(17)7-8-11-10(2)16-14-12(15(11)18)5-4-6-13(14)19-3/h4-6H,7-8H2,1-3H3,(H,16,18). The minimum absolute atomic E-state index is 0.0219. The van der Waals surface area contributed by atoms with Crippen LogP contribution in [0.4, 0.5) is 0 Å². The average molecular weight is 259 g/mol. The Morgan fingerprint density at radius 1 is 1.37 bits per heavy atom. The van der Waals surface area contributed by atoms with Crippen LogP contribution in [0.5, 0.6) is 5.75 Å². The lowest BCUT2D eigenvalue weighted by Gasteiger charge is -2.10. The molecule has 2 aromatic rings. The third-order valence-electron chi connectivity index (χ3n) is 3.26. The van der Waals surface area contributed by atoms with E-state index in [4.69, 9.17) is 4.74 Å². The number of aromatic amines is 1. The van der Waals surface area contributed by atoms with Crippen molar-refractivity contribution in [2.45, 2.75) is 26.7 Å². The van der Waals surface area contributed by atoms with Crippen LogP contribution in [-0.2, 0) is 11.2 Å². The second kappa shape index (κ2) is 5.26. The van der Waals surface area contributed by atoms with E-state index in [-0.39, 0.29) is 11.2 Å². The van der Waals surface area contributed by atoms with E-state index >= 15 is 0 Å². The number of ketones is 1. The quantitative estimate of drug-likeness (QED) is 0.917. The Bertz CT molecular complexity index is 686. The van der Waals surface area contributed by atoms with E-state index in [1.165, 1.54) is 6.92 Å². The first kappa shape index (κ1) is 13.3. The molecule has 100 valence electrons. The predicted molar refractivity (Wildman–Crippen MR) is 74.9 cm³/mol. The Hall–Kier alpha value is -2.10. The van der Waals surface area contributed by atoms with Crippen LogP contribution in [0.3, 0.4) is 0 Å². The number of nitrogens with one attached hydrogen (secondary N) is 1. The summed E-state index contributed by atoms with van der Waals surface area (Å²) in [5.41, 5.74) is 2.16. The number of para-hydroxylation sites is 1. The summed E-state index contributed by atoms with van der Waals surface area (Å²) in [6, 6.07) is 5.38. The highest BCUT2D eigenvalue weighted by Gasteiger charge is 2.12. The average Bonchev–Trinajstić information content (AvgIpc) is 2.37. The van der Waals surface area contributed by atoms with Crippen LogP contribution >= 0.6 is 0 Å². The third-order valence-corrected chi connectivity index (χ3v) is 3.26. The van der Waals surface area contributed by atoms with E-state index in [2.05, 4.69) is 4.98 Å². The van der Waals surface area contributed by atoms with E-state index in [0.717, 1.165) is 5.69 Å². The summed E-state index contributed by atoms with van der Waals surface area (Å²) < 4.78 is 5.25. The smallest absolute Gasteiger partial charge is 0.192 e. The summed E-state index contributed by atoms with van der Waals surface area (Å²) in [6.07, 6.45) is 0.864. The molecular formula is C15H17NO3. The Balaban J connectivity index is 2.62. The van der Waals surface area contributed by atoms with E-state index < -0.39 is 0 Å². The Kier molecular flexibility index (Phi) is 3.69. The molecule has 0 spiro atoms. The van der Waals surface area contributed by atoms with Crippen LogP contribution < -0.4 is 10.2 Å². The number of aryl methyl sites for hydroxylation is 1. The highest BCUT2D eigenvalue weighted by atomic mass is 16.5. The number of carbonyl (C=O) groups excluding carboxylic acids is 1. The summed E-state index contributed by atoms with van der Waals surface area (Å²) in [7, 11) is 1.58. The van der Waals surface area contributed by atoms with E-state index in [0.29, 0.717) is 35.1 Å². The van der Waals surface area contributed by atoms with Crippen molar-refractivity contribution in [3.8, 4) is 5.75 Å². The normalized spacial score (nSPS) is 10.7. The largest absolute Gasteiger partial charge is 0.495 e. The number of rotatable bonds is 4. The summed E-state index contributed by atoms with van der Waals surface area (Å²) in [4.78, 5) is 26.7. The van der Waals surface area contributed by atoms with Gasteiger partial charge in [0.1, 0.15) is 11.5 Å². The lowest BCUT2D eigenvalue weighted by molar-refractivity contribution is -0.116. The summed E-state index contributed by atoms with van der Waals surface area (Å²) in [5.74, 6) is 0.736. The summed E-state index contributed by atoms with van der Waals surface area (Å²) >= 11 is 0. The zero-order valence-electron chi connectivity index (χ0n) is 11.4. The molecule has 4 nitrogen and oxygen atoms in total. The molecule has 1 aromatic carbocycles. The molecule has 0 aliphatic heterocycles. The number of fused-ring (bicyclic) bond motifs is 1. The van der Waals surface area contributed by atoms with Crippen molar-refractivity contribution in [3.63, 3.8) is 0 Å². The summed E-state index contributed by atoms with van der Waals surface area (Å²) in [5, 5.41) is 0.600. The van der Waals surface area contributed by atoms with Crippen molar-refractivity contribution >= 4 is 16.7 Å². The number of hydrogen-bond donors (Lipinski definition) is 1. The molecule has 0 unspecified atom stereocenters. The number of hydrogen-bond acceptors (Lipinski definition) is 3. The second-order valence-corrected chi connectivity index (χ2v) is 4.64. The molecule has 0 saturated heterocycles. The van der Waals surface area contributed by atoms with Gasteiger partial charge in [-0.05, 0) is 32.4 Å². The van der Waals surface area contributed by atoms with Gasteiger partial charge in [0.25, 0.3) is 0 Å². The molecule has 0 atom stereocenters. The number of methoxy groups -OCH3 is 1. The van der Waals surface area contributed by atoms with Gasteiger partial charge in [0.05, 0.1) is 12.6 Å². The second-order valence-electron chi connectivity index (χ2n) is 4.64. The molecule has 0 amide bonds. The number of carbonyl (C=O) groups is 1. The number of ether oxygens (including phenoxy) is 1. The van der Waals surface area contributed by atoms with Gasteiger partial charge in [-0.15, -0.1) is 0 Å². The molecule has 0 fully saturated rings. The molecule has 0 aliphatic rings. The molecule has 0 aliphatic carbocycles. The molecule has 4 heteroatoms. The van der Waals surface area contributed by atoms with Gasteiger partial charge in [0.15, 0.2) is 5.43 Å². The van der Waals surface area contributed by atoms with Gasteiger partial charge in [-0.1, -0.05) is 6.07 Å². The van der Waals surface area contributed by atoms with Gasteiger partial charge >= 0.3 is 0 Å². The first-order valence-electron chi connectivity index (χ1n) is 6.22. The van der Waals surface area contributed by atoms with Crippen molar-refractivity contribution < 1.29 is 9.53 Å². The zero-order chi connectivity index (χ0) is 14.0. The van der Waals surface area contributed by atoms with Gasteiger partial charge in [0, 0.05) is 23.1 Å². The van der Waals surface area contributed by atoms with Crippen LogP contribution in [0.1, 0.15) is 24.6 Å². The molecule has 19 heavy (non-hydrogen) atoms. The topological polar surface area (TPSA) is 59.2 Å². The highest BCUT2D eigenvalue weighted by molar-refractivity contribution is 5.85. The number of H-pyrrole nitrogens is 1. The minimum Gasteiger partial charge on any atom is -0.495 e. The van der Waals surface area contributed by atoms with E-state index in [1.54, 1.807) is 19.2 Å². The van der Waals surface area contributed by atoms with Crippen LogP contribution in [0.15, 0.2) is 23.0 Å². The Labute approximate surface area is 111 Å². The molecule has 1 heterocycles. The minimum atomic E-state index is -0.0219. The zero-order valence-corrected chi connectivity index (χ0v) is 11.4.